The number of likely N-dealkylation sites (N-methyl/N-ethyl adjacent to an activating group) is 2. The molecule has 8 nitrogen and oxygen atoms in total. The normalized spacial score (nSPS) is 14.3. The summed E-state index contributed by atoms with van der Waals surface area (Å²) in [4.78, 5) is 29.7. The van der Waals surface area contributed by atoms with Gasteiger partial charge >= 0.3 is 0 Å². The summed E-state index contributed by atoms with van der Waals surface area (Å²) < 4.78 is 0. The molecule has 0 aromatic carbocycles. The predicted octanol–water partition coefficient (Wildman–Crippen LogP) is 1.34. The fourth-order valence-electron chi connectivity index (χ4n) is 2.82. The second-order valence-electron chi connectivity index (χ2n) is 6.51. The first-order chi connectivity index (χ1) is 12.5. The number of nitrogens with zero attached hydrogens (tertiary/aromatic N) is 5. The first-order valence-electron chi connectivity index (χ1n) is 9.39. The summed E-state index contributed by atoms with van der Waals surface area (Å²) in [5.41, 5.74) is 0. The number of hydrogen-bond donors (Lipinski definition) is 1. The molecule has 1 aromatic heterocycles. The highest BCUT2D eigenvalue weighted by atomic mass is 32.1. The molecule has 2 amide bonds. The smallest absolute Gasteiger partial charge is 0.239 e. The Balaban J connectivity index is 1.75. The van der Waals surface area contributed by atoms with Crippen LogP contribution in [-0.4, -0.2) is 73.2 Å². The highest BCUT2D eigenvalue weighted by molar-refractivity contribution is 7.19. The molecule has 0 radical (unpaired) electrons. The summed E-state index contributed by atoms with van der Waals surface area (Å²) in [5.74, 6) is 0.0599. The standard InChI is InChI=1S/C17H30N6O2S/c1-4-6-10-22(5-2)12-9-18-14(24)13-21(3)16-19-20-17(26-16)23-11-7-8-15(23)25/h4-13H2,1-3H3,(H,18,24). The van der Waals surface area contributed by atoms with E-state index < -0.39 is 0 Å². The Morgan fingerprint density at radius 3 is 2.77 bits per heavy atom. The third-order valence-electron chi connectivity index (χ3n) is 4.44. The molecular weight excluding hydrogens is 352 g/mol. The number of carbonyl (C=O) groups is 2. The second kappa shape index (κ2) is 10.4. The van der Waals surface area contributed by atoms with Gasteiger partial charge in [-0.15, -0.1) is 10.2 Å². The molecule has 1 fully saturated rings. The van der Waals surface area contributed by atoms with Gasteiger partial charge in [-0.25, -0.2) is 0 Å². The quantitative estimate of drug-likeness (QED) is 0.622. The maximum Gasteiger partial charge on any atom is 0.239 e. The van der Waals surface area contributed by atoms with Crippen molar-refractivity contribution >= 4 is 33.4 Å². The Bertz CT molecular complexity index is 594. The van der Waals surface area contributed by atoms with E-state index in [4.69, 9.17) is 0 Å². The van der Waals surface area contributed by atoms with E-state index >= 15 is 0 Å². The molecule has 1 saturated heterocycles. The monoisotopic (exact) mass is 382 g/mol. The van der Waals surface area contributed by atoms with Gasteiger partial charge in [-0.05, 0) is 25.9 Å². The number of amides is 2. The lowest BCUT2D eigenvalue weighted by Crippen LogP contribution is -2.39. The minimum atomic E-state index is -0.0342. The van der Waals surface area contributed by atoms with E-state index in [0.717, 1.165) is 26.1 Å². The van der Waals surface area contributed by atoms with E-state index in [1.54, 1.807) is 9.80 Å². The molecule has 1 aromatic rings. The van der Waals surface area contributed by atoms with Crippen LogP contribution in [0.15, 0.2) is 0 Å². The maximum absolute atomic E-state index is 12.1. The molecular formula is C17H30N6O2S. The van der Waals surface area contributed by atoms with Crippen molar-refractivity contribution in [3.05, 3.63) is 0 Å². The van der Waals surface area contributed by atoms with Gasteiger partial charge < -0.3 is 15.1 Å². The van der Waals surface area contributed by atoms with Crippen molar-refractivity contribution in [2.75, 3.05) is 56.1 Å². The summed E-state index contributed by atoms with van der Waals surface area (Å²) in [6.45, 7) is 8.84. The van der Waals surface area contributed by atoms with Crippen LogP contribution in [0.4, 0.5) is 10.3 Å². The zero-order valence-corrected chi connectivity index (χ0v) is 16.8. The molecule has 0 aliphatic carbocycles. The van der Waals surface area contributed by atoms with Crippen molar-refractivity contribution in [3.8, 4) is 0 Å². The molecule has 146 valence electrons. The molecule has 0 unspecified atom stereocenters. The number of unbranched alkanes of at least 4 members (excludes halogenated alkanes) is 1. The zero-order chi connectivity index (χ0) is 18.9. The van der Waals surface area contributed by atoms with Crippen molar-refractivity contribution in [3.63, 3.8) is 0 Å². The van der Waals surface area contributed by atoms with Crippen LogP contribution in [0.1, 0.15) is 39.5 Å². The number of anilines is 2. The van der Waals surface area contributed by atoms with Crippen LogP contribution in [0, 0.1) is 0 Å². The van der Waals surface area contributed by atoms with Gasteiger partial charge in [-0.1, -0.05) is 31.6 Å². The van der Waals surface area contributed by atoms with Crippen molar-refractivity contribution < 1.29 is 9.59 Å². The van der Waals surface area contributed by atoms with E-state index in [1.165, 1.54) is 24.2 Å². The van der Waals surface area contributed by atoms with Crippen molar-refractivity contribution in [2.24, 2.45) is 0 Å². The number of aromatic nitrogens is 2. The van der Waals surface area contributed by atoms with Gasteiger partial charge in [0, 0.05) is 33.1 Å². The summed E-state index contributed by atoms with van der Waals surface area (Å²) in [6, 6.07) is 0. The van der Waals surface area contributed by atoms with Gasteiger partial charge in [0.25, 0.3) is 0 Å². The average Bonchev–Trinajstić information content (AvgIpc) is 3.26. The number of carbonyl (C=O) groups excluding carboxylic acids is 2. The van der Waals surface area contributed by atoms with Gasteiger partial charge in [0.1, 0.15) is 0 Å². The highest BCUT2D eigenvalue weighted by Gasteiger charge is 2.25. The molecule has 0 bridgehead atoms. The minimum Gasteiger partial charge on any atom is -0.353 e. The first kappa shape index (κ1) is 20.6. The molecule has 2 rings (SSSR count). The minimum absolute atomic E-state index is 0.0342. The summed E-state index contributed by atoms with van der Waals surface area (Å²) in [6.07, 6.45) is 3.79. The van der Waals surface area contributed by atoms with Gasteiger partial charge in [0.15, 0.2) is 0 Å². The Labute approximate surface area is 159 Å². The Kier molecular flexibility index (Phi) is 8.24. The van der Waals surface area contributed by atoms with Crippen LogP contribution in [-0.2, 0) is 9.59 Å². The fraction of sp³-hybridized carbons (Fsp3) is 0.765. The lowest BCUT2D eigenvalue weighted by molar-refractivity contribution is -0.120. The van der Waals surface area contributed by atoms with Gasteiger partial charge in [-0.2, -0.15) is 0 Å². The number of rotatable bonds is 11. The maximum atomic E-state index is 12.1. The summed E-state index contributed by atoms with van der Waals surface area (Å²) >= 11 is 1.35. The SMILES string of the molecule is CCCCN(CC)CCNC(=O)CN(C)c1nnc(N2CCCC2=O)s1. The van der Waals surface area contributed by atoms with Crippen LogP contribution >= 0.6 is 11.3 Å². The van der Waals surface area contributed by atoms with E-state index in [9.17, 15) is 9.59 Å². The molecule has 0 saturated carbocycles. The van der Waals surface area contributed by atoms with Crippen LogP contribution < -0.4 is 15.1 Å². The predicted molar refractivity (Wildman–Crippen MR) is 105 cm³/mol. The first-order valence-corrected chi connectivity index (χ1v) is 10.2. The van der Waals surface area contributed by atoms with Gasteiger partial charge in [0.2, 0.25) is 22.1 Å². The Morgan fingerprint density at radius 1 is 1.31 bits per heavy atom. The molecule has 0 spiro atoms. The van der Waals surface area contributed by atoms with E-state index in [2.05, 4.69) is 34.3 Å². The van der Waals surface area contributed by atoms with Crippen LogP contribution in [0.2, 0.25) is 0 Å². The molecule has 2 heterocycles. The lowest BCUT2D eigenvalue weighted by atomic mass is 10.3. The Hall–Kier alpha value is -1.74. The van der Waals surface area contributed by atoms with Crippen LogP contribution in [0.3, 0.4) is 0 Å². The topological polar surface area (TPSA) is 81.7 Å². The molecule has 1 aliphatic heterocycles. The van der Waals surface area contributed by atoms with Gasteiger partial charge in [0.05, 0.1) is 6.54 Å². The molecule has 0 atom stereocenters. The van der Waals surface area contributed by atoms with Crippen LogP contribution in [0.5, 0.6) is 0 Å². The largest absolute Gasteiger partial charge is 0.353 e. The molecule has 1 aliphatic rings. The average molecular weight is 383 g/mol. The molecule has 9 heteroatoms. The van der Waals surface area contributed by atoms with E-state index in [0.29, 0.717) is 29.8 Å². The third-order valence-corrected chi connectivity index (χ3v) is 5.50. The number of nitrogens with one attached hydrogen (secondary N) is 1. The second-order valence-corrected chi connectivity index (χ2v) is 7.44. The number of hydrogen-bond acceptors (Lipinski definition) is 7. The lowest BCUT2D eigenvalue weighted by Gasteiger charge is -2.20. The fourth-order valence-corrected chi connectivity index (χ4v) is 3.67. The van der Waals surface area contributed by atoms with Crippen LogP contribution in [0.25, 0.3) is 0 Å². The van der Waals surface area contributed by atoms with Crippen molar-refractivity contribution in [1.82, 2.24) is 20.4 Å². The zero-order valence-electron chi connectivity index (χ0n) is 16.0. The molecule has 1 N–H and O–H groups in total. The highest BCUT2D eigenvalue weighted by Crippen LogP contribution is 2.29. The third kappa shape index (κ3) is 5.91. The Morgan fingerprint density at radius 2 is 2.12 bits per heavy atom. The summed E-state index contributed by atoms with van der Waals surface area (Å²) in [5, 5.41) is 12.4. The van der Waals surface area contributed by atoms with Crippen molar-refractivity contribution in [2.45, 2.75) is 39.5 Å². The summed E-state index contributed by atoms with van der Waals surface area (Å²) in [7, 11) is 1.81. The van der Waals surface area contributed by atoms with E-state index in [-0.39, 0.29) is 18.4 Å². The molecule has 26 heavy (non-hydrogen) atoms. The van der Waals surface area contributed by atoms with Crippen molar-refractivity contribution in [1.29, 1.82) is 0 Å². The van der Waals surface area contributed by atoms with Gasteiger partial charge in [-0.3, -0.25) is 14.5 Å². The van der Waals surface area contributed by atoms with E-state index in [1.807, 2.05) is 7.05 Å².